The molecule has 0 radical (unpaired) electrons. The predicted octanol–water partition coefficient (Wildman–Crippen LogP) is 5.97. The number of oxime groups is 1. The number of para-hydroxylation sites is 2. The summed E-state index contributed by atoms with van der Waals surface area (Å²) >= 11 is 12.6. The van der Waals surface area contributed by atoms with Crippen LogP contribution in [0.3, 0.4) is 0 Å². The van der Waals surface area contributed by atoms with Crippen molar-refractivity contribution in [3.63, 3.8) is 0 Å². The van der Waals surface area contributed by atoms with Gasteiger partial charge in [0.2, 0.25) is 0 Å². The summed E-state index contributed by atoms with van der Waals surface area (Å²) in [6, 6.07) is 17.7. The second kappa shape index (κ2) is 10.1. The molecule has 172 valence electrons. The van der Waals surface area contributed by atoms with Gasteiger partial charge >= 0.3 is 0 Å². The molecule has 5 nitrogen and oxygen atoms in total. The largest absolute Gasteiger partial charge is 0.398 e. The van der Waals surface area contributed by atoms with E-state index < -0.39 is 17.2 Å². The lowest BCUT2D eigenvalue weighted by Crippen LogP contribution is -2.20. The molecule has 0 saturated heterocycles. The van der Waals surface area contributed by atoms with Gasteiger partial charge in [-0.25, -0.2) is 8.78 Å². The number of pyridine rings is 1. The van der Waals surface area contributed by atoms with Crippen LogP contribution in [-0.2, 0) is 11.4 Å². The van der Waals surface area contributed by atoms with E-state index in [1.54, 1.807) is 42.5 Å². The van der Waals surface area contributed by atoms with Crippen molar-refractivity contribution in [2.24, 2.45) is 5.16 Å². The second-order valence-corrected chi connectivity index (χ2v) is 8.05. The molecular weight excluding hydrogens is 483 g/mol. The molecule has 2 N–H and O–H groups in total. The van der Waals surface area contributed by atoms with Crippen molar-refractivity contribution in [2.45, 2.75) is 6.61 Å². The van der Waals surface area contributed by atoms with Gasteiger partial charge in [-0.15, -0.1) is 0 Å². The molecule has 3 aromatic carbocycles. The zero-order valence-electron chi connectivity index (χ0n) is 17.5. The van der Waals surface area contributed by atoms with Gasteiger partial charge < -0.3 is 10.6 Å². The highest BCUT2D eigenvalue weighted by Crippen LogP contribution is 2.28. The van der Waals surface area contributed by atoms with E-state index in [1.165, 1.54) is 29.0 Å². The fourth-order valence-electron chi connectivity index (χ4n) is 3.29. The van der Waals surface area contributed by atoms with Crippen LogP contribution in [0.2, 0.25) is 10.0 Å². The number of aromatic nitrogens is 1. The molecule has 4 rings (SSSR count). The Morgan fingerprint density at radius 1 is 0.971 bits per heavy atom. The van der Waals surface area contributed by atoms with Gasteiger partial charge in [0.15, 0.2) is 0 Å². The van der Waals surface area contributed by atoms with E-state index in [9.17, 15) is 13.6 Å². The van der Waals surface area contributed by atoms with Crippen LogP contribution in [0.15, 0.2) is 88.9 Å². The Hall–Kier alpha value is -3.68. The molecular formula is C25H17Cl2F2N3O2. The van der Waals surface area contributed by atoms with Crippen molar-refractivity contribution >= 4 is 34.6 Å². The minimum atomic E-state index is -0.852. The minimum Gasteiger partial charge on any atom is -0.398 e. The fourth-order valence-corrected chi connectivity index (χ4v) is 3.87. The van der Waals surface area contributed by atoms with Gasteiger partial charge in [-0.1, -0.05) is 52.6 Å². The quantitative estimate of drug-likeness (QED) is 0.201. The number of hydrogen-bond donors (Lipinski definition) is 1. The van der Waals surface area contributed by atoms with E-state index in [1.807, 2.05) is 0 Å². The molecule has 0 bridgehead atoms. The summed E-state index contributed by atoms with van der Waals surface area (Å²) in [6.07, 6.45) is 1.41. The van der Waals surface area contributed by atoms with E-state index in [0.29, 0.717) is 16.8 Å². The third-order valence-corrected chi connectivity index (χ3v) is 5.59. The van der Waals surface area contributed by atoms with Crippen LogP contribution in [0.1, 0.15) is 16.7 Å². The SMILES string of the molecule is Nc1ccccc1CO/N=C(/c1ccc(=O)n(-c2c(Cl)cccc2Cl)c1)c1ccc(F)cc1F. The molecule has 9 heteroatoms. The van der Waals surface area contributed by atoms with Crippen LogP contribution in [0.5, 0.6) is 0 Å². The molecule has 1 aromatic heterocycles. The topological polar surface area (TPSA) is 69.6 Å². The number of nitrogen functional groups attached to an aromatic ring is 1. The lowest BCUT2D eigenvalue weighted by atomic mass is 10.0. The molecule has 0 fully saturated rings. The Kier molecular flexibility index (Phi) is 6.95. The van der Waals surface area contributed by atoms with Crippen molar-refractivity contribution in [2.75, 3.05) is 5.73 Å². The van der Waals surface area contributed by atoms with Crippen LogP contribution in [-0.4, -0.2) is 10.3 Å². The monoisotopic (exact) mass is 499 g/mol. The van der Waals surface area contributed by atoms with Gasteiger partial charge in [0, 0.05) is 40.7 Å². The molecule has 4 aromatic rings. The van der Waals surface area contributed by atoms with Crippen molar-refractivity contribution < 1.29 is 13.6 Å². The van der Waals surface area contributed by atoms with E-state index in [0.717, 1.165) is 12.1 Å². The number of halogens is 4. The first-order valence-corrected chi connectivity index (χ1v) is 10.8. The summed E-state index contributed by atoms with van der Waals surface area (Å²) in [5.74, 6) is -1.60. The highest BCUT2D eigenvalue weighted by atomic mass is 35.5. The summed E-state index contributed by atoms with van der Waals surface area (Å²) in [4.78, 5) is 18.1. The smallest absolute Gasteiger partial charge is 0.255 e. The summed E-state index contributed by atoms with van der Waals surface area (Å²) in [6.45, 7) is 0.00890. The Balaban J connectivity index is 1.82. The van der Waals surface area contributed by atoms with Crippen LogP contribution in [0.4, 0.5) is 14.5 Å². The molecule has 0 atom stereocenters. The zero-order chi connectivity index (χ0) is 24.2. The van der Waals surface area contributed by atoms with Gasteiger partial charge in [0.1, 0.15) is 24.0 Å². The summed E-state index contributed by atoms with van der Waals surface area (Å²) in [5.41, 5.74) is 7.27. The number of nitrogens with two attached hydrogens (primary N) is 1. The summed E-state index contributed by atoms with van der Waals surface area (Å²) in [5, 5.41) is 4.61. The summed E-state index contributed by atoms with van der Waals surface area (Å²) < 4.78 is 29.5. The predicted molar refractivity (Wildman–Crippen MR) is 130 cm³/mol. The van der Waals surface area contributed by atoms with Crippen LogP contribution < -0.4 is 11.3 Å². The van der Waals surface area contributed by atoms with Crippen LogP contribution >= 0.6 is 23.2 Å². The number of anilines is 1. The highest BCUT2D eigenvalue weighted by molar-refractivity contribution is 6.37. The van der Waals surface area contributed by atoms with Crippen LogP contribution in [0, 0.1) is 11.6 Å². The van der Waals surface area contributed by atoms with Gasteiger partial charge in [-0.2, -0.15) is 0 Å². The molecule has 0 aliphatic rings. The van der Waals surface area contributed by atoms with Gasteiger partial charge in [0.25, 0.3) is 5.56 Å². The van der Waals surface area contributed by atoms with Crippen molar-refractivity contribution in [1.82, 2.24) is 4.57 Å². The molecule has 0 spiro atoms. The number of hydrogen-bond acceptors (Lipinski definition) is 4. The first-order chi connectivity index (χ1) is 16.3. The van der Waals surface area contributed by atoms with Crippen molar-refractivity contribution in [3.8, 4) is 5.69 Å². The van der Waals surface area contributed by atoms with Gasteiger partial charge in [-0.3, -0.25) is 9.36 Å². The fraction of sp³-hybridized carbons (Fsp3) is 0.0400. The first-order valence-electron chi connectivity index (χ1n) is 10.0. The number of benzene rings is 3. The molecule has 0 aliphatic heterocycles. The maximum atomic E-state index is 14.7. The first kappa shape index (κ1) is 23.5. The summed E-state index contributed by atoms with van der Waals surface area (Å²) in [7, 11) is 0. The maximum absolute atomic E-state index is 14.7. The standard InChI is InChI=1S/C25H17Cl2F2N3O2/c26-19-5-3-6-20(27)25(19)32-13-15(8-11-23(32)33)24(18-10-9-17(28)12-21(18)29)31-34-14-16-4-1-2-7-22(16)30/h1-13H,14,30H2/b31-24-. The van der Waals surface area contributed by atoms with E-state index in [-0.39, 0.29) is 33.6 Å². The third-order valence-electron chi connectivity index (χ3n) is 4.98. The van der Waals surface area contributed by atoms with Gasteiger partial charge in [0.05, 0.1) is 15.7 Å². The molecule has 0 saturated carbocycles. The zero-order valence-corrected chi connectivity index (χ0v) is 19.0. The highest BCUT2D eigenvalue weighted by Gasteiger charge is 2.17. The Morgan fingerprint density at radius 3 is 2.41 bits per heavy atom. The molecule has 0 unspecified atom stereocenters. The molecule has 1 heterocycles. The Bertz CT molecular complexity index is 1430. The van der Waals surface area contributed by atoms with Crippen LogP contribution in [0.25, 0.3) is 5.69 Å². The average Bonchev–Trinajstić information content (AvgIpc) is 2.80. The van der Waals surface area contributed by atoms with Gasteiger partial charge in [-0.05, 0) is 36.4 Å². The maximum Gasteiger partial charge on any atom is 0.255 e. The van der Waals surface area contributed by atoms with E-state index in [2.05, 4.69) is 5.16 Å². The lowest BCUT2D eigenvalue weighted by Gasteiger charge is -2.14. The lowest BCUT2D eigenvalue weighted by molar-refractivity contribution is 0.131. The minimum absolute atomic E-state index is 0.00890. The van der Waals surface area contributed by atoms with E-state index >= 15 is 0 Å². The molecule has 34 heavy (non-hydrogen) atoms. The molecule has 0 aliphatic carbocycles. The van der Waals surface area contributed by atoms with Crippen molar-refractivity contribution in [3.05, 3.63) is 128 Å². The Morgan fingerprint density at radius 2 is 1.71 bits per heavy atom. The Labute approximate surface area is 203 Å². The normalized spacial score (nSPS) is 11.5. The second-order valence-electron chi connectivity index (χ2n) is 7.23. The number of rotatable bonds is 6. The average molecular weight is 500 g/mol. The van der Waals surface area contributed by atoms with E-state index in [4.69, 9.17) is 33.8 Å². The third kappa shape index (κ3) is 4.95. The molecule has 0 amide bonds. The van der Waals surface area contributed by atoms with Crippen molar-refractivity contribution in [1.29, 1.82) is 0 Å². The number of nitrogens with zero attached hydrogens (tertiary/aromatic N) is 2.